The molecule has 0 atom stereocenters. The number of nitrogens with one attached hydrogen (secondary N) is 1. The maximum atomic E-state index is 10.4. The molecule has 3 rings (SSSR count). The Hall–Kier alpha value is -1.72. The van der Waals surface area contributed by atoms with Gasteiger partial charge in [0.15, 0.2) is 11.5 Å². The van der Waals surface area contributed by atoms with Crippen LogP contribution in [0.2, 0.25) is 0 Å². The fraction of sp³-hybridized carbons (Fsp3) is 0.400. The van der Waals surface area contributed by atoms with Gasteiger partial charge in [-0.2, -0.15) is 0 Å². The molecule has 0 bridgehead atoms. The monoisotopic (exact) mass is 405 g/mol. The number of quaternary nitrogens is 1. The number of aryl methyl sites for hydroxylation is 1. The first-order valence-corrected chi connectivity index (χ1v) is 9.49. The zero-order valence-corrected chi connectivity index (χ0v) is 16.7. The van der Waals surface area contributed by atoms with Gasteiger partial charge >= 0.3 is 0 Å². The molecule has 0 aromatic heterocycles. The lowest BCUT2D eigenvalue weighted by Crippen LogP contribution is -3.13. The first-order valence-electron chi connectivity index (χ1n) is 8.69. The summed E-state index contributed by atoms with van der Waals surface area (Å²) in [5.41, 5.74) is 5.01. The summed E-state index contributed by atoms with van der Waals surface area (Å²) in [6.07, 6.45) is 0. The van der Waals surface area contributed by atoms with Crippen LogP contribution < -0.4 is 14.5 Å². The van der Waals surface area contributed by atoms with Gasteiger partial charge in [0, 0.05) is 10.2 Å². The van der Waals surface area contributed by atoms with Gasteiger partial charge in [0.1, 0.15) is 6.54 Å². The van der Waals surface area contributed by atoms with Crippen LogP contribution in [0, 0.1) is 13.8 Å². The fourth-order valence-corrected chi connectivity index (χ4v) is 3.99. The van der Waals surface area contributed by atoms with Crippen molar-refractivity contribution in [3.8, 4) is 11.5 Å². The van der Waals surface area contributed by atoms with E-state index in [0.29, 0.717) is 5.75 Å². The molecule has 0 aliphatic carbocycles. The number of phenols is 1. The number of methoxy groups -OCH3 is 1. The van der Waals surface area contributed by atoms with E-state index >= 15 is 0 Å². The van der Waals surface area contributed by atoms with Crippen LogP contribution >= 0.6 is 15.9 Å². The summed E-state index contributed by atoms with van der Waals surface area (Å²) < 4.78 is 6.19. The summed E-state index contributed by atoms with van der Waals surface area (Å²) in [6.45, 7) is 9.36. The van der Waals surface area contributed by atoms with Gasteiger partial charge in [0.05, 0.1) is 38.9 Å². The van der Waals surface area contributed by atoms with E-state index in [1.165, 1.54) is 21.7 Å². The molecule has 1 heterocycles. The van der Waals surface area contributed by atoms with Crippen LogP contribution in [-0.4, -0.2) is 38.4 Å². The van der Waals surface area contributed by atoms with Crippen molar-refractivity contribution in [2.45, 2.75) is 20.4 Å². The highest BCUT2D eigenvalue weighted by atomic mass is 79.9. The van der Waals surface area contributed by atoms with Gasteiger partial charge in [-0.15, -0.1) is 0 Å². The fourth-order valence-electron chi connectivity index (χ4n) is 3.51. The first-order chi connectivity index (χ1) is 12.0. The van der Waals surface area contributed by atoms with Crippen molar-refractivity contribution in [2.75, 3.05) is 38.2 Å². The third-order valence-electron chi connectivity index (χ3n) is 5.17. The number of hydrogen-bond acceptors (Lipinski definition) is 3. The predicted molar refractivity (Wildman–Crippen MR) is 105 cm³/mol. The minimum absolute atomic E-state index is 0.259. The Labute approximate surface area is 158 Å². The molecule has 2 aromatic carbocycles. The molecule has 0 amide bonds. The Kier molecular flexibility index (Phi) is 5.54. The summed E-state index contributed by atoms with van der Waals surface area (Å²) in [4.78, 5) is 3.96. The number of benzene rings is 2. The van der Waals surface area contributed by atoms with Crippen molar-refractivity contribution in [1.29, 1.82) is 0 Å². The summed E-state index contributed by atoms with van der Waals surface area (Å²) in [6, 6.07) is 10.3. The van der Waals surface area contributed by atoms with Crippen LogP contribution in [0.25, 0.3) is 0 Å². The number of rotatable bonds is 4. The van der Waals surface area contributed by atoms with E-state index in [4.69, 9.17) is 4.74 Å². The van der Waals surface area contributed by atoms with Crippen LogP contribution in [0.15, 0.2) is 34.8 Å². The molecule has 2 N–H and O–H groups in total. The van der Waals surface area contributed by atoms with Crippen LogP contribution in [0.3, 0.4) is 0 Å². The molecule has 4 nitrogen and oxygen atoms in total. The molecule has 1 aliphatic rings. The van der Waals surface area contributed by atoms with Gasteiger partial charge in [0.2, 0.25) is 0 Å². The minimum Gasteiger partial charge on any atom is -0.504 e. The van der Waals surface area contributed by atoms with E-state index in [1.54, 1.807) is 13.2 Å². The quantitative estimate of drug-likeness (QED) is 0.820. The molecule has 0 saturated carbocycles. The van der Waals surface area contributed by atoms with E-state index in [2.05, 4.69) is 52.9 Å². The molecule has 0 spiro atoms. The van der Waals surface area contributed by atoms with Crippen molar-refractivity contribution in [2.24, 2.45) is 0 Å². The highest BCUT2D eigenvalue weighted by molar-refractivity contribution is 9.10. The van der Waals surface area contributed by atoms with E-state index < -0.39 is 0 Å². The summed E-state index contributed by atoms with van der Waals surface area (Å²) in [5.74, 6) is 0.785. The van der Waals surface area contributed by atoms with E-state index in [-0.39, 0.29) is 5.75 Å². The number of piperazine rings is 1. The lowest BCUT2D eigenvalue weighted by Gasteiger charge is -2.35. The highest BCUT2D eigenvalue weighted by Crippen LogP contribution is 2.33. The molecule has 1 saturated heterocycles. The first kappa shape index (κ1) is 18.1. The topological polar surface area (TPSA) is 37.1 Å². The average Bonchev–Trinajstić information content (AvgIpc) is 2.61. The van der Waals surface area contributed by atoms with Crippen molar-refractivity contribution in [3.05, 3.63) is 51.5 Å². The zero-order chi connectivity index (χ0) is 18.0. The third-order valence-corrected chi connectivity index (χ3v) is 5.62. The molecule has 134 valence electrons. The number of hydrogen-bond donors (Lipinski definition) is 2. The molecule has 5 heteroatoms. The second-order valence-corrected chi connectivity index (χ2v) is 7.66. The summed E-state index contributed by atoms with van der Waals surface area (Å²) >= 11 is 3.50. The second-order valence-electron chi connectivity index (χ2n) is 6.75. The Morgan fingerprint density at radius 2 is 1.92 bits per heavy atom. The van der Waals surface area contributed by atoms with Gasteiger partial charge in [-0.25, -0.2) is 0 Å². The van der Waals surface area contributed by atoms with Gasteiger partial charge in [-0.1, -0.05) is 28.1 Å². The zero-order valence-electron chi connectivity index (χ0n) is 15.1. The standard InChI is InChI=1S/C20H25BrN2O2/c1-14-5-4-6-18(15(14)2)23-9-7-22(8-10-23)13-16-11-17(21)12-19(25-3)20(16)24/h4-6,11-12,24H,7-10,13H2,1-3H3/p+1. The van der Waals surface area contributed by atoms with E-state index in [9.17, 15) is 5.11 Å². The molecular weight excluding hydrogens is 380 g/mol. The Bertz CT molecular complexity index is 756. The Morgan fingerprint density at radius 1 is 1.20 bits per heavy atom. The largest absolute Gasteiger partial charge is 0.504 e. The molecule has 2 aromatic rings. The summed E-state index contributed by atoms with van der Waals surface area (Å²) in [7, 11) is 1.58. The number of phenolic OH excluding ortho intramolecular Hbond substituents is 1. The molecule has 1 fully saturated rings. The molecule has 0 radical (unpaired) electrons. The maximum absolute atomic E-state index is 10.4. The Balaban J connectivity index is 1.67. The predicted octanol–water partition coefficient (Wildman–Crippen LogP) is 2.69. The molecule has 1 aliphatic heterocycles. The van der Waals surface area contributed by atoms with Crippen molar-refractivity contribution in [3.63, 3.8) is 0 Å². The van der Waals surface area contributed by atoms with Crippen LogP contribution in [0.5, 0.6) is 11.5 Å². The van der Waals surface area contributed by atoms with Crippen molar-refractivity contribution >= 4 is 21.6 Å². The van der Waals surface area contributed by atoms with Crippen LogP contribution in [0.4, 0.5) is 5.69 Å². The smallest absolute Gasteiger partial charge is 0.166 e. The highest BCUT2D eigenvalue weighted by Gasteiger charge is 2.23. The number of anilines is 1. The SMILES string of the molecule is COc1cc(Br)cc(C[NH+]2CCN(c3cccc(C)c3C)CC2)c1O. The van der Waals surface area contributed by atoms with Crippen LogP contribution in [-0.2, 0) is 6.54 Å². The molecule has 25 heavy (non-hydrogen) atoms. The van der Waals surface area contributed by atoms with E-state index in [1.807, 2.05) is 6.07 Å². The normalized spacial score (nSPS) is 15.4. The number of aromatic hydroxyl groups is 1. The molecule has 0 unspecified atom stereocenters. The van der Waals surface area contributed by atoms with Gasteiger partial charge in [0.25, 0.3) is 0 Å². The van der Waals surface area contributed by atoms with Gasteiger partial charge in [-0.05, 0) is 43.2 Å². The number of nitrogens with zero attached hydrogens (tertiary/aromatic N) is 1. The van der Waals surface area contributed by atoms with Gasteiger partial charge in [-0.3, -0.25) is 0 Å². The summed E-state index contributed by atoms with van der Waals surface area (Å²) in [5, 5.41) is 10.4. The maximum Gasteiger partial charge on any atom is 0.166 e. The van der Waals surface area contributed by atoms with Gasteiger partial charge < -0.3 is 19.6 Å². The number of ether oxygens (including phenoxy) is 1. The molecular formula is C20H26BrN2O2+. The Morgan fingerprint density at radius 3 is 2.60 bits per heavy atom. The second kappa shape index (κ2) is 7.67. The average molecular weight is 406 g/mol. The van der Waals surface area contributed by atoms with E-state index in [0.717, 1.165) is 42.8 Å². The van der Waals surface area contributed by atoms with Crippen molar-refractivity contribution < 1.29 is 14.7 Å². The third kappa shape index (κ3) is 3.93. The lowest BCUT2D eigenvalue weighted by atomic mass is 10.1. The lowest BCUT2D eigenvalue weighted by molar-refractivity contribution is -0.914. The number of halogens is 1. The minimum atomic E-state index is 0.259. The van der Waals surface area contributed by atoms with Crippen molar-refractivity contribution in [1.82, 2.24) is 0 Å². The van der Waals surface area contributed by atoms with Crippen LogP contribution in [0.1, 0.15) is 16.7 Å².